The largest absolute Gasteiger partial charge is 0.480 e. The monoisotopic (exact) mass is 359 g/mol. The molecule has 1 rings (SSSR count). The molecule has 0 bridgehead atoms. The number of nitrogens with one attached hydrogen (secondary N) is 2. The molecular weight excluding hydrogens is 342 g/mol. The Morgan fingerprint density at radius 3 is 2.33 bits per heavy atom. The highest BCUT2D eigenvalue weighted by Crippen LogP contribution is 2.16. The SMILES string of the molecule is CCNC(=O)CC[C@@H](NS(=O)(=O)c1ccc([N+](=O)[O-])cc1)C(=O)O. The molecular formula is C13H17N3O7S. The Morgan fingerprint density at radius 2 is 1.88 bits per heavy atom. The number of nitrogens with zero attached hydrogens (tertiary/aromatic N) is 1. The molecule has 1 aromatic rings. The first kappa shape index (κ1) is 19.5. The van der Waals surface area contributed by atoms with Crippen LogP contribution in [0.15, 0.2) is 29.2 Å². The van der Waals surface area contributed by atoms with E-state index in [2.05, 4.69) is 5.32 Å². The molecule has 0 saturated carbocycles. The van der Waals surface area contributed by atoms with Crippen LogP contribution < -0.4 is 10.0 Å². The van der Waals surface area contributed by atoms with Gasteiger partial charge >= 0.3 is 5.97 Å². The van der Waals surface area contributed by atoms with Crippen molar-refractivity contribution >= 4 is 27.6 Å². The number of non-ortho nitro benzene ring substituents is 1. The summed E-state index contributed by atoms with van der Waals surface area (Å²) in [5.41, 5.74) is -0.292. The number of nitro benzene ring substituents is 1. The first-order chi connectivity index (χ1) is 11.2. The van der Waals surface area contributed by atoms with Crippen molar-refractivity contribution in [2.75, 3.05) is 6.54 Å². The molecule has 0 radical (unpaired) electrons. The fourth-order valence-electron chi connectivity index (χ4n) is 1.80. The highest BCUT2D eigenvalue weighted by molar-refractivity contribution is 7.89. The zero-order valence-corrected chi connectivity index (χ0v) is 13.6. The minimum absolute atomic E-state index is 0.159. The molecule has 0 aliphatic carbocycles. The van der Waals surface area contributed by atoms with Crippen LogP contribution in [0.1, 0.15) is 19.8 Å². The van der Waals surface area contributed by atoms with Gasteiger partial charge in [0, 0.05) is 25.1 Å². The summed E-state index contributed by atoms with van der Waals surface area (Å²) in [4.78, 5) is 32.1. The third kappa shape index (κ3) is 5.59. The highest BCUT2D eigenvalue weighted by Gasteiger charge is 2.26. The van der Waals surface area contributed by atoms with Crippen molar-refractivity contribution < 1.29 is 28.0 Å². The average Bonchev–Trinajstić information content (AvgIpc) is 2.51. The van der Waals surface area contributed by atoms with Crippen molar-refractivity contribution in [2.24, 2.45) is 0 Å². The summed E-state index contributed by atoms with van der Waals surface area (Å²) in [7, 11) is -4.19. The second kappa shape index (κ2) is 8.36. The third-order valence-electron chi connectivity index (χ3n) is 2.99. The van der Waals surface area contributed by atoms with Crippen LogP contribution in [0.2, 0.25) is 0 Å². The first-order valence-corrected chi connectivity index (χ1v) is 8.42. The summed E-state index contributed by atoms with van der Waals surface area (Å²) in [6.07, 6.45) is -0.388. The van der Waals surface area contributed by atoms with Crippen molar-refractivity contribution in [3.05, 3.63) is 34.4 Å². The van der Waals surface area contributed by atoms with Gasteiger partial charge in [0.2, 0.25) is 15.9 Å². The van der Waals surface area contributed by atoms with Gasteiger partial charge in [-0.2, -0.15) is 4.72 Å². The number of benzene rings is 1. The molecule has 0 heterocycles. The van der Waals surface area contributed by atoms with Gasteiger partial charge in [-0.3, -0.25) is 19.7 Å². The third-order valence-corrected chi connectivity index (χ3v) is 4.47. The maximum absolute atomic E-state index is 12.2. The van der Waals surface area contributed by atoms with Crippen LogP contribution in [0.3, 0.4) is 0 Å². The Labute approximate surface area is 138 Å². The van der Waals surface area contributed by atoms with E-state index in [0.717, 1.165) is 24.3 Å². The lowest BCUT2D eigenvalue weighted by molar-refractivity contribution is -0.384. The van der Waals surface area contributed by atoms with Gasteiger partial charge in [0.15, 0.2) is 0 Å². The van der Waals surface area contributed by atoms with Gasteiger partial charge in [-0.05, 0) is 25.5 Å². The number of hydrogen-bond acceptors (Lipinski definition) is 6. The minimum Gasteiger partial charge on any atom is -0.480 e. The molecule has 1 amide bonds. The molecule has 0 saturated heterocycles. The molecule has 0 spiro atoms. The predicted octanol–water partition coefficient (Wildman–Crippen LogP) is 0.243. The molecule has 132 valence electrons. The Bertz CT molecular complexity index is 716. The van der Waals surface area contributed by atoms with Gasteiger partial charge in [-0.1, -0.05) is 0 Å². The van der Waals surface area contributed by atoms with E-state index in [-0.39, 0.29) is 23.4 Å². The molecule has 24 heavy (non-hydrogen) atoms. The Kier molecular flexibility index (Phi) is 6.80. The Balaban J connectivity index is 2.85. The number of aliphatic carboxylic acids is 1. The lowest BCUT2D eigenvalue weighted by atomic mass is 10.1. The lowest BCUT2D eigenvalue weighted by Gasteiger charge is -2.14. The zero-order chi connectivity index (χ0) is 18.3. The van der Waals surface area contributed by atoms with E-state index in [9.17, 15) is 28.1 Å². The number of carbonyl (C=O) groups excluding carboxylic acids is 1. The summed E-state index contributed by atoms with van der Waals surface area (Å²) >= 11 is 0. The highest BCUT2D eigenvalue weighted by atomic mass is 32.2. The maximum atomic E-state index is 12.2. The molecule has 3 N–H and O–H groups in total. The number of sulfonamides is 1. The van der Waals surface area contributed by atoms with Crippen molar-refractivity contribution in [1.82, 2.24) is 10.0 Å². The van der Waals surface area contributed by atoms with Crippen LogP contribution in [0.5, 0.6) is 0 Å². The number of carboxylic acids is 1. The van der Waals surface area contributed by atoms with Gasteiger partial charge < -0.3 is 10.4 Å². The normalized spacial score (nSPS) is 12.4. The van der Waals surface area contributed by atoms with E-state index in [1.165, 1.54) is 0 Å². The van der Waals surface area contributed by atoms with Crippen LogP contribution in [0, 0.1) is 10.1 Å². The van der Waals surface area contributed by atoms with Gasteiger partial charge in [0.1, 0.15) is 6.04 Å². The average molecular weight is 359 g/mol. The van der Waals surface area contributed by atoms with Crippen molar-refractivity contribution in [3.8, 4) is 0 Å². The molecule has 0 unspecified atom stereocenters. The van der Waals surface area contributed by atoms with Gasteiger partial charge in [-0.25, -0.2) is 8.42 Å². The number of nitro groups is 1. The minimum atomic E-state index is -4.19. The van der Waals surface area contributed by atoms with Crippen LogP contribution in [0.25, 0.3) is 0 Å². The fraction of sp³-hybridized carbons (Fsp3) is 0.385. The molecule has 11 heteroatoms. The predicted molar refractivity (Wildman–Crippen MR) is 82.8 cm³/mol. The van der Waals surface area contributed by atoms with E-state index in [0.29, 0.717) is 6.54 Å². The number of amides is 1. The van der Waals surface area contributed by atoms with Gasteiger partial charge in [0.05, 0.1) is 9.82 Å². The summed E-state index contributed by atoms with van der Waals surface area (Å²) in [5.74, 6) is -1.82. The number of rotatable bonds is 9. The molecule has 0 aliphatic rings. The smallest absolute Gasteiger partial charge is 0.321 e. The quantitative estimate of drug-likeness (QED) is 0.421. The molecule has 0 fully saturated rings. The molecule has 1 atom stereocenters. The standard InChI is InChI=1S/C13H17N3O7S/c1-2-14-12(17)8-7-11(13(18)19)15-24(22,23)10-5-3-9(4-6-10)16(20)21/h3-6,11,15H,2,7-8H2,1H3,(H,14,17)(H,18,19)/t11-/m1/s1. The van der Waals surface area contributed by atoms with E-state index < -0.39 is 32.9 Å². The van der Waals surface area contributed by atoms with Gasteiger partial charge in [0.25, 0.3) is 5.69 Å². The number of carboxylic acid groups (broad SMARTS) is 1. The first-order valence-electron chi connectivity index (χ1n) is 6.93. The van der Waals surface area contributed by atoms with Crippen molar-refractivity contribution in [3.63, 3.8) is 0 Å². The number of carbonyl (C=O) groups is 2. The second-order valence-electron chi connectivity index (χ2n) is 4.76. The fourth-order valence-corrected chi connectivity index (χ4v) is 3.02. The summed E-state index contributed by atoms with van der Waals surface area (Å²) in [6.45, 7) is 2.08. The topological polar surface area (TPSA) is 156 Å². The van der Waals surface area contributed by atoms with Crippen molar-refractivity contribution in [1.29, 1.82) is 0 Å². The molecule has 0 aliphatic heterocycles. The van der Waals surface area contributed by atoms with E-state index in [4.69, 9.17) is 5.11 Å². The summed E-state index contributed by atoms with van der Waals surface area (Å²) in [5, 5.41) is 22.1. The number of hydrogen-bond donors (Lipinski definition) is 3. The summed E-state index contributed by atoms with van der Waals surface area (Å²) in [6, 6.07) is 2.51. The molecule has 10 nitrogen and oxygen atoms in total. The molecule has 1 aromatic carbocycles. The lowest BCUT2D eigenvalue weighted by Crippen LogP contribution is -2.41. The maximum Gasteiger partial charge on any atom is 0.321 e. The van der Waals surface area contributed by atoms with Crippen LogP contribution in [-0.2, 0) is 19.6 Å². The summed E-state index contributed by atoms with van der Waals surface area (Å²) < 4.78 is 26.3. The van der Waals surface area contributed by atoms with Crippen LogP contribution in [0.4, 0.5) is 5.69 Å². The molecule has 0 aromatic heterocycles. The van der Waals surface area contributed by atoms with E-state index in [1.807, 2.05) is 4.72 Å². The van der Waals surface area contributed by atoms with Gasteiger partial charge in [-0.15, -0.1) is 0 Å². The zero-order valence-electron chi connectivity index (χ0n) is 12.8. The van der Waals surface area contributed by atoms with Crippen LogP contribution in [-0.4, -0.2) is 42.9 Å². The van der Waals surface area contributed by atoms with Crippen molar-refractivity contribution in [2.45, 2.75) is 30.7 Å². The Hall–Kier alpha value is -2.53. The van der Waals surface area contributed by atoms with Crippen LogP contribution >= 0.6 is 0 Å². The second-order valence-corrected chi connectivity index (χ2v) is 6.47. The van der Waals surface area contributed by atoms with E-state index in [1.54, 1.807) is 6.92 Å². The Morgan fingerprint density at radius 1 is 1.29 bits per heavy atom. The van der Waals surface area contributed by atoms with E-state index >= 15 is 0 Å².